The van der Waals surface area contributed by atoms with Crippen molar-refractivity contribution in [2.24, 2.45) is 0 Å². The second-order valence-corrected chi connectivity index (χ2v) is 8.77. The van der Waals surface area contributed by atoms with Crippen LogP contribution in [0, 0.1) is 5.82 Å². The molecule has 0 spiro atoms. The Bertz CT molecular complexity index is 1360. The summed E-state index contributed by atoms with van der Waals surface area (Å²) in [6.45, 7) is 0. The molecule has 1 aliphatic heterocycles. The van der Waals surface area contributed by atoms with Gasteiger partial charge in [-0.2, -0.15) is 0 Å². The summed E-state index contributed by atoms with van der Waals surface area (Å²) in [5, 5.41) is 0. The molecule has 0 N–H and O–H groups in total. The Kier molecular flexibility index (Phi) is 4.71. The van der Waals surface area contributed by atoms with Gasteiger partial charge in [-0.25, -0.2) is 13.8 Å². The van der Waals surface area contributed by atoms with Gasteiger partial charge in [0.2, 0.25) is 0 Å². The SMILES string of the molecule is O=c1oc2c(c(=O)n1C1CCCCC1)C1C=C(Oc3ccc(F)cc3)OC1c1ccccc1-2. The summed E-state index contributed by atoms with van der Waals surface area (Å²) in [5.41, 5.74) is 1.60. The minimum Gasteiger partial charge on any atom is -0.456 e. The fourth-order valence-electron chi connectivity index (χ4n) is 5.24. The summed E-state index contributed by atoms with van der Waals surface area (Å²) in [6, 6.07) is 12.9. The van der Waals surface area contributed by atoms with E-state index >= 15 is 0 Å². The molecule has 2 unspecified atom stereocenters. The highest BCUT2D eigenvalue weighted by atomic mass is 19.1. The first-order chi connectivity index (χ1) is 16.1. The van der Waals surface area contributed by atoms with Crippen LogP contribution in [-0.2, 0) is 4.74 Å². The summed E-state index contributed by atoms with van der Waals surface area (Å²) >= 11 is 0. The lowest BCUT2D eigenvalue weighted by atomic mass is 9.80. The maximum Gasteiger partial charge on any atom is 0.422 e. The number of aromatic nitrogens is 1. The molecule has 2 aromatic carbocycles. The summed E-state index contributed by atoms with van der Waals surface area (Å²) < 4.78 is 32.3. The standard InChI is InChI=1S/C26H22FNO5/c27-15-10-12-17(13-11-15)31-21-14-20-22-24(19-9-5-4-8-18(19)23(20)32-21)33-26(30)28(25(22)29)16-6-2-1-3-7-16/h4-5,8-14,16,20,23H,1-3,6-7H2. The fraction of sp³-hybridized carbons (Fsp3) is 0.308. The Balaban J connectivity index is 1.48. The van der Waals surface area contributed by atoms with Crippen LogP contribution in [0.15, 0.2) is 74.6 Å². The molecule has 2 atom stereocenters. The zero-order valence-electron chi connectivity index (χ0n) is 17.8. The van der Waals surface area contributed by atoms with Gasteiger partial charge < -0.3 is 13.9 Å². The second kappa shape index (κ2) is 7.76. The topological polar surface area (TPSA) is 70.7 Å². The number of rotatable bonds is 3. The predicted octanol–water partition coefficient (Wildman–Crippen LogP) is 5.20. The molecule has 6 nitrogen and oxygen atoms in total. The monoisotopic (exact) mass is 447 g/mol. The van der Waals surface area contributed by atoms with E-state index in [-0.39, 0.29) is 23.4 Å². The van der Waals surface area contributed by atoms with Crippen molar-refractivity contribution in [3.05, 3.63) is 98.4 Å². The molecule has 0 saturated heterocycles. The first-order valence-corrected chi connectivity index (χ1v) is 11.3. The van der Waals surface area contributed by atoms with Crippen molar-refractivity contribution in [1.82, 2.24) is 4.57 Å². The molecular formula is C26H22FNO5. The molecule has 1 fully saturated rings. The van der Waals surface area contributed by atoms with Gasteiger partial charge in [0.1, 0.15) is 23.4 Å². The first kappa shape index (κ1) is 20.0. The zero-order chi connectivity index (χ0) is 22.5. The Labute approximate surface area is 188 Å². The molecule has 0 bridgehead atoms. The van der Waals surface area contributed by atoms with E-state index in [9.17, 15) is 14.0 Å². The van der Waals surface area contributed by atoms with E-state index in [1.165, 1.54) is 28.8 Å². The van der Waals surface area contributed by atoms with Crippen molar-refractivity contribution >= 4 is 0 Å². The normalized spacial score (nSPS) is 21.4. The lowest BCUT2D eigenvalue weighted by molar-refractivity contribution is 0.0597. The third kappa shape index (κ3) is 3.30. The van der Waals surface area contributed by atoms with Crippen LogP contribution in [0.25, 0.3) is 11.3 Å². The molecule has 2 heterocycles. The Morgan fingerprint density at radius 2 is 1.73 bits per heavy atom. The van der Waals surface area contributed by atoms with Crippen LogP contribution in [0.5, 0.6) is 5.75 Å². The van der Waals surface area contributed by atoms with E-state index < -0.39 is 17.8 Å². The van der Waals surface area contributed by atoms with Crippen molar-refractivity contribution < 1.29 is 18.3 Å². The smallest absolute Gasteiger partial charge is 0.422 e. The summed E-state index contributed by atoms with van der Waals surface area (Å²) in [5.74, 6) is -0.472. The van der Waals surface area contributed by atoms with Gasteiger partial charge in [0.05, 0.1) is 11.5 Å². The van der Waals surface area contributed by atoms with Gasteiger partial charge >= 0.3 is 5.76 Å². The second-order valence-electron chi connectivity index (χ2n) is 8.77. The maximum atomic E-state index is 13.7. The molecule has 2 aliphatic carbocycles. The van der Waals surface area contributed by atoms with Crippen LogP contribution in [0.3, 0.4) is 0 Å². The van der Waals surface area contributed by atoms with Gasteiger partial charge in [-0.3, -0.25) is 4.79 Å². The quantitative estimate of drug-likeness (QED) is 0.552. The third-order valence-corrected chi connectivity index (χ3v) is 6.78. The molecule has 7 heteroatoms. The summed E-state index contributed by atoms with van der Waals surface area (Å²) in [6.07, 6.45) is 5.93. The van der Waals surface area contributed by atoms with Gasteiger partial charge in [0.15, 0.2) is 0 Å². The largest absolute Gasteiger partial charge is 0.456 e. The van der Waals surface area contributed by atoms with Crippen molar-refractivity contribution in [3.8, 4) is 17.1 Å². The minimum atomic E-state index is -0.607. The Morgan fingerprint density at radius 3 is 2.52 bits per heavy atom. The average Bonchev–Trinajstić information content (AvgIpc) is 3.25. The number of hydrogen-bond donors (Lipinski definition) is 0. The van der Waals surface area contributed by atoms with Gasteiger partial charge in [-0.1, -0.05) is 43.5 Å². The molecule has 3 aromatic rings. The molecule has 168 valence electrons. The van der Waals surface area contributed by atoms with E-state index in [1.54, 1.807) is 6.08 Å². The molecule has 3 aliphatic rings. The fourth-order valence-corrected chi connectivity index (χ4v) is 5.24. The number of hydrogen-bond acceptors (Lipinski definition) is 5. The van der Waals surface area contributed by atoms with Crippen molar-refractivity contribution in [2.45, 2.75) is 50.2 Å². The van der Waals surface area contributed by atoms with Crippen LogP contribution in [0.4, 0.5) is 4.39 Å². The lowest BCUT2D eigenvalue weighted by Gasteiger charge is -2.29. The predicted molar refractivity (Wildman–Crippen MR) is 118 cm³/mol. The number of halogens is 1. The molecule has 1 saturated carbocycles. The molecule has 0 radical (unpaired) electrons. The third-order valence-electron chi connectivity index (χ3n) is 6.78. The molecule has 0 amide bonds. The van der Waals surface area contributed by atoms with Gasteiger partial charge in [0, 0.05) is 23.2 Å². The maximum absolute atomic E-state index is 13.7. The number of ether oxygens (including phenoxy) is 2. The van der Waals surface area contributed by atoms with Crippen molar-refractivity contribution in [2.75, 3.05) is 0 Å². The minimum absolute atomic E-state index is 0.148. The highest BCUT2D eigenvalue weighted by molar-refractivity contribution is 5.70. The number of fused-ring (bicyclic) bond motifs is 6. The van der Waals surface area contributed by atoms with Crippen LogP contribution in [0.2, 0.25) is 0 Å². The lowest BCUT2D eigenvalue weighted by Crippen LogP contribution is -2.40. The number of nitrogens with zero attached hydrogens (tertiary/aromatic N) is 1. The molecular weight excluding hydrogens is 425 g/mol. The molecule has 6 rings (SSSR count). The van der Waals surface area contributed by atoms with Crippen LogP contribution >= 0.6 is 0 Å². The van der Waals surface area contributed by atoms with Crippen LogP contribution < -0.4 is 16.1 Å². The van der Waals surface area contributed by atoms with Gasteiger partial charge in [0.25, 0.3) is 11.5 Å². The molecule has 33 heavy (non-hydrogen) atoms. The summed E-state index contributed by atoms with van der Waals surface area (Å²) in [7, 11) is 0. The van der Waals surface area contributed by atoms with E-state index in [1.807, 2.05) is 24.3 Å². The molecule has 1 aromatic heterocycles. The number of benzene rings is 2. The van der Waals surface area contributed by atoms with Gasteiger partial charge in [-0.05, 0) is 37.1 Å². The van der Waals surface area contributed by atoms with Gasteiger partial charge in [-0.15, -0.1) is 0 Å². The first-order valence-electron chi connectivity index (χ1n) is 11.3. The van der Waals surface area contributed by atoms with Crippen molar-refractivity contribution in [3.63, 3.8) is 0 Å². The summed E-state index contributed by atoms with van der Waals surface area (Å²) in [4.78, 5) is 26.7. The Hall–Kier alpha value is -3.61. The van der Waals surface area contributed by atoms with Crippen LogP contribution in [-0.4, -0.2) is 4.57 Å². The van der Waals surface area contributed by atoms with Crippen molar-refractivity contribution in [1.29, 1.82) is 0 Å². The van der Waals surface area contributed by atoms with E-state index in [0.717, 1.165) is 37.7 Å². The van der Waals surface area contributed by atoms with E-state index in [2.05, 4.69) is 0 Å². The van der Waals surface area contributed by atoms with E-state index in [0.29, 0.717) is 22.6 Å². The highest BCUT2D eigenvalue weighted by Gasteiger charge is 2.44. The zero-order valence-corrected chi connectivity index (χ0v) is 17.8. The van der Waals surface area contributed by atoms with E-state index in [4.69, 9.17) is 13.9 Å². The van der Waals surface area contributed by atoms with Crippen LogP contribution in [0.1, 0.15) is 61.3 Å². The Morgan fingerprint density at radius 1 is 0.970 bits per heavy atom. The highest BCUT2D eigenvalue weighted by Crippen LogP contribution is 2.51. The average molecular weight is 447 g/mol.